The smallest absolute Gasteiger partial charge is 0.296 e. The van der Waals surface area contributed by atoms with Crippen LogP contribution in [0.4, 0.5) is 23.2 Å². The van der Waals surface area contributed by atoms with E-state index in [4.69, 9.17) is 11.6 Å². The molecule has 0 saturated carbocycles. The molecule has 0 aliphatic carbocycles. The average molecular weight is 242 g/mol. The van der Waals surface area contributed by atoms with Gasteiger partial charge in [0.1, 0.15) is 0 Å². The molecule has 82 valence electrons. The van der Waals surface area contributed by atoms with Crippen LogP contribution in [0.1, 0.15) is 10.4 Å². The van der Waals surface area contributed by atoms with Crippen molar-refractivity contribution in [3.05, 3.63) is 28.8 Å². The first kappa shape index (κ1) is 11.8. The summed E-state index contributed by atoms with van der Waals surface area (Å²) in [6.07, 6.45) is -4.69. The first-order chi connectivity index (χ1) is 6.79. The average Bonchev–Trinajstić information content (AvgIpc) is 2.06. The predicted octanol–water partition coefficient (Wildman–Crippen LogP) is 3.38. The number of nitrogens with one attached hydrogen (secondary N) is 1. The first-order valence-electron chi connectivity index (χ1n) is 3.64. The molecule has 0 atom stereocenters. The minimum Gasteiger partial charge on any atom is -0.296 e. The molecule has 1 N–H and O–H groups in total. The summed E-state index contributed by atoms with van der Waals surface area (Å²) >= 11 is 5.41. The van der Waals surface area contributed by atoms with Gasteiger partial charge in [0.25, 0.3) is 0 Å². The normalized spacial score (nSPS) is 11.3. The lowest BCUT2D eigenvalue weighted by atomic mass is 10.2. The van der Waals surface area contributed by atoms with E-state index < -0.39 is 23.6 Å². The van der Waals surface area contributed by atoms with E-state index in [-0.39, 0.29) is 5.02 Å². The van der Waals surface area contributed by atoms with E-state index in [1.54, 1.807) is 0 Å². The summed E-state index contributed by atoms with van der Waals surface area (Å²) < 4.78 is 47.9. The number of halogens is 5. The number of benzene rings is 1. The van der Waals surface area contributed by atoms with Gasteiger partial charge in [-0.25, -0.2) is 0 Å². The monoisotopic (exact) mass is 241 g/mol. The Morgan fingerprint density at radius 1 is 1.33 bits per heavy atom. The molecule has 0 bridgehead atoms. The zero-order valence-electron chi connectivity index (χ0n) is 7.03. The Balaban J connectivity index is 3.06. The van der Waals surface area contributed by atoms with Gasteiger partial charge in [0, 0.05) is 0 Å². The summed E-state index contributed by atoms with van der Waals surface area (Å²) in [7, 11) is 0. The fraction of sp³-hybridized carbons (Fsp3) is 0.125. The van der Waals surface area contributed by atoms with Gasteiger partial charge >= 0.3 is 12.3 Å². The lowest BCUT2D eigenvalue weighted by molar-refractivity contribution is -0.0999. The molecule has 0 fully saturated rings. The molecule has 0 unspecified atom stereocenters. The number of hydrogen-bond acceptors (Lipinski definition) is 2. The number of alkyl halides is 3. The van der Waals surface area contributed by atoms with Gasteiger partial charge < -0.3 is 0 Å². The van der Waals surface area contributed by atoms with Gasteiger partial charge in [-0.05, 0) is 18.2 Å². The summed E-state index contributed by atoms with van der Waals surface area (Å²) in [5.74, 6) is 0. The van der Waals surface area contributed by atoms with E-state index in [1.165, 1.54) is 0 Å². The van der Waals surface area contributed by atoms with Crippen molar-refractivity contribution in [3.8, 4) is 0 Å². The Labute approximate surface area is 86.8 Å². The van der Waals surface area contributed by atoms with Crippen LogP contribution in [-0.2, 0) is 0 Å². The van der Waals surface area contributed by atoms with Crippen molar-refractivity contribution in [1.29, 1.82) is 0 Å². The SMILES string of the molecule is O=C(F)c1ccc(Cl)c(NC(F)(F)F)c1. The predicted molar refractivity (Wildman–Crippen MR) is 46.6 cm³/mol. The number of rotatable bonds is 2. The quantitative estimate of drug-likeness (QED) is 0.489. The van der Waals surface area contributed by atoms with Crippen LogP contribution in [0.15, 0.2) is 18.2 Å². The lowest BCUT2D eigenvalue weighted by Crippen LogP contribution is -2.21. The molecule has 2 nitrogen and oxygen atoms in total. The number of carbonyl (C=O) groups is 1. The van der Waals surface area contributed by atoms with Crippen molar-refractivity contribution in [2.45, 2.75) is 6.30 Å². The van der Waals surface area contributed by atoms with Gasteiger partial charge in [0.05, 0.1) is 16.3 Å². The minimum absolute atomic E-state index is 0.252. The third-order valence-electron chi connectivity index (χ3n) is 1.47. The van der Waals surface area contributed by atoms with Crippen LogP contribution in [0.25, 0.3) is 0 Å². The van der Waals surface area contributed by atoms with E-state index in [1.807, 2.05) is 0 Å². The Morgan fingerprint density at radius 3 is 2.40 bits per heavy atom. The molecule has 0 amide bonds. The van der Waals surface area contributed by atoms with Crippen LogP contribution in [0.3, 0.4) is 0 Å². The second-order valence-corrected chi connectivity index (χ2v) is 3.00. The van der Waals surface area contributed by atoms with Gasteiger partial charge in [0.2, 0.25) is 0 Å². The number of carbonyl (C=O) groups excluding carboxylic acids is 1. The highest BCUT2D eigenvalue weighted by atomic mass is 35.5. The molecule has 7 heteroatoms. The standard InChI is InChI=1S/C8H4ClF4NO/c9-5-2-1-4(7(10)15)3-6(5)14-8(11,12)13/h1-3,14H. The fourth-order valence-electron chi connectivity index (χ4n) is 0.896. The highest BCUT2D eigenvalue weighted by molar-refractivity contribution is 6.33. The van der Waals surface area contributed by atoms with Crippen LogP contribution in [0.2, 0.25) is 5.02 Å². The number of hydrogen-bond donors (Lipinski definition) is 1. The van der Waals surface area contributed by atoms with E-state index in [9.17, 15) is 22.4 Å². The summed E-state index contributed by atoms with van der Waals surface area (Å²) in [4.78, 5) is 10.3. The van der Waals surface area contributed by atoms with Crippen LogP contribution < -0.4 is 5.32 Å². The van der Waals surface area contributed by atoms with Crippen molar-refractivity contribution < 1.29 is 22.4 Å². The topological polar surface area (TPSA) is 29.1 Å². The summed E-state index contributed by atoms with van der Waals surface area (Å²) in [6.45, 7) is 0. The van der Waals surface area contributed by atoms with Crippen LogP contribution >= 0.6 is 11.6 Å². The maximum absolute atomic E-state index is 12.2. The molecular weight excluding hydrogens is 238 g/mol. The van der Waals surface area contributed by atoms with Gasteiger partial charge in [-0.1, -0.05) is 11.6 Å². The summed E-state index contributed by atoms with van der Waals surface area (Å²) in [5.41, 5.74) is -1.06. The number of anilines is 1. The molecule has 0 aliphatic heterocycles. The van der Waals surface area contributed by atoms with Gasteiger partial charge in [-0.2, -0.15) is 17.6 Å². The zero-order valence-corrected chi connectivity index (χ0v) is 7.79. The fourth-order valence-corrected chi connectivity index (χ4v) is 1.06. The molecule has 15 heavy (non-hydrogen) atoms. The molecule has 0 aliphatic rings. The second kappa shape index (κ2) is 4.06. The van der Waals surface area contributed by atoms with Crippen molar-refractivity contribution in [1.82, 2.24) is 0 Å². The molecule has 0 saturated heterocycles. The van der Waals surface area contributed by atoms with E-state index in [2.05, 4.69) is 0 Å². The summed E-state index contributed by atoms with van der Waals surface area (Å²) in [5, 5.41) is 0.841. The molecule has 1 aromatic carbocycles. The Morgan fingerprint density at radius 2 is 1.93 bits per heavy atom. The second-order valence-electron chi connectivity index (χ2n) is 2.59. The largest absolute Gasteiger partial charge is 0.482 e. The molecule has 0 heterocycles. The van der Waals surface area contributed by atoms with Gasteiger partial charge in [0.15, 0.2) is 0 Å². The summed E-state index contributed by atoms with van der Waals surface area (Å²) in [6, 6.07) is 0.865. The van der Waals surface area contributed by atoms with Crippen molar-refractivity contribution in [2.75, 3.05) is 5.32 Å². The van der Waals surface area contributed by atoms with E-state index in [0.29, 0.717) is 6.07 Å². The lowest BCUT2D eigenvalue weighted by Gasteiger charge is -2.11. The van der Waals surface area contributed by atoms with Crippen LogP contribution in [-0.4, -0.2) is 12.3 Å². The highest BCUT2D eigenvalue weighted by Gasteiger charge is 2.28. The highest BCUT2D eigenvalue weighted by Crippen LogP contribution is 2.28. The maximum Gasteiger partial charge on any atom is 0.482 e. The molecule has 0 radical (unpaired) electrons. The molecular formula is C8H4ClF4NO. The molecule has 0 spiro atoms. The Bertz CT molecular complexity index is 391. The maximum atomic E-state index is 12.2. The molecule has 1 aromatic rings. The minimum atomic E-state index is -4.69. The zero-order chi connectivity index (χ0) is 11.6. The van der Waals surface area contributed by atoms with Crippen molar-refractivity contribution in [3.63, 3.8) is 0 Å². The van der Waals surface area contributed by atoms with Crippen LogP contribution in [0.5, 0.6) is 0 Å². The third-order valence-corrected chi connectivity index (χ3v) is 1.80. The van der Waals surface area contributed by atoms with Gasteiger partial charge in [-0.3, -0.25) is 10.1 Å². The van der Waals surface area contributed by atoms with Crippen molar-refractivity contribution in [2.24, 2.45) is 0 Å². The van der Waals surface area contributed by atoms with Crippen molar-refractivity contribution >= 4 is 23.3 Å². The van der Waals surface area contributed by atoms with Gasteiger partial charge in [-0.15, -0.1) is 0 Å². The third kappa shape index (κ3) is 3.39. The van der Waals surface area contributed by atoms with Crippen LogP contribution in [0, 0.1) is 0 Å². The molecule has 0 aromatic heterocycles. The Kier molecular flexibility index (Phi) is 3.18. The Hall–Kier alpha value is -1.30. The van der Waals surface area contributed by atoms with E-state index in [0.717, 1.165) is 17.4 Å². The first-order valence-corrected chi connectivity index (χ1v) is 4.02. The molecule has 1 rings (SSSR count). The van der Waals surface area contributed by atoms with E-state index >= 15 is 0 Å².